The van der Waals surface area contributed by atoms with Gasteiger partial charge in [-0.05, 0) is 37.1 Å². The van der Waals surface area contributed by atoms with E-state index in [1.807, 2.05) is 0 Å². The van der Waals surface area contributed by atoms with Gasteiger partial charge in [0.05, 0.1) is 12.0 Å². The molecule has 1 saturated heterocycles. The van der Waals surface area contributed by atoms with E-state index in [0.717, 1.165) is 19.3 Å². The van der Waals surface area contributed by atoms with Crippen LogP contribution in [0.25, 0.3) is 0 Å². The summed E-state index contributed by atoms with van der Waals surface area (Å²) in [5, 5.41) is 0.0207. The van der Waals surface area contributed by atoms with E-state index >= 15 is 0 Å². The van der Waals surface area contributed by atoms with Gasteiger partial charge in [0.15, 0.2) is 5.12 Å². The average molecular weight is 343 g/mol. The Morgan fingerprint density at radius 2 is 2.00 bits per heavy atom. The number of nitrogens with zero attached hydrogens (tertiary/aromatic N) is 1. The number of ether oxygens (including phenoxy) is 1. The first kappa shape index (κ1) is 17.3. The van der Waals surface area contributed by atoms with Gasteiger partial charge in [-0.2, -0.15) is 4.31 Å². The number of methoxy groups -OCH3 is 1. The molecule has 2 rings (SSSR count). The van der Waals surface area contributed by atoms with E-state index in [1.54, 1.807) is 35.7 Å². The molecule has 1 aromatic carbocycles. The Hall–Kier alpha value is -1.05. The van der Waals surface area contributed by atoms with Crippen molar-refractivity contribution in [3.63, 3.8) is 0 Å². The Balaban J connectivity index is 2.21. The molecule has 0 aliphatic carbocycles. The van der Waals surface area contributed by atoms with Crippen LogP contribution in [0, 0.1) is 0 Å². The van der Waals surface area contributed by atoms with Crippen molar-refractivity contribution in [2.75, 3.05) is 19.4 Å². The van der Waals surface area contributed by atoms with Crippen molar-refractivity contribution in [3.05, 3.63) is 24.3 Å². The largest absolute Gasteiger partial charge is 0.497 e. The number of carbonyl (C=O) groups is 1. The van der Waals surface area contributed by atoms with Gasteiger partial charge in [0.2, 0.25) is 10.0 Å². The van der Waals surface area contributed by atoms with Crippen molar-refractivity contribution in [2.24, 2.45) is 0 Å². The van der Waals surface area contributed by atoms with Crippen LogP contribution in [0.5, 0.6) is 5.75 Å². The highest BCUT2D eigenvalue weighted by atomic mass is 32.2. The number of piperidine rings is 1. The van der Waals surface area contributed by atoms with E-state index in [1.165, 1.54) is 18.7 Å². The maximum absolute atomic E-state index is 12.8. The number of hydrogen-bond donors (Lipinski definition) is 0. The van der Waals surface area contributed by atoms with Gasteiger partial charge in [0.25, 0.3) is 0 Å². The molecular weight excluding hydrogens is 322 g/mol. The predicted molar refractivity (Wildman–Crippen MR) is 87.7 cm³/mol. The molecule has 122 valence electrons. The lowest BCUT2D eigenvalue weighted by molar-refractivity contribution is -0.109. The fourth-order valence-electron chi connectivity index (χ4n) is 2.55. The van der Waals surface area contributed by atoms with Gasteiger partial charge >= 0.3 is 0 Å². The minimum atomic E-state index is -3.53. The van der Waals surface area contributed by atoms with Crippen LogP contribution in [0.3, 0.4) is 0 Å². The van der Waals surface area contributed by atoms with Gasteiger partial charge in [-0.15, -0.1) is 0 Å². The van der Waals surface area contributed by atoms with Crippen molar-refractivity contribution in [1.82, 2.24) is 4.31 Å². The highest BCUT2D eigenvalue weighted by Gasteiger charge is 2.33. The molecule has 1 aromatic rings. The number of hydrogen-bond acceptors (Lipinski definition) is 5. The third-order valence-electron chi connectivity index (χ3n) is 3.72. The molecule has 22 heavy (non-hydrogen) atoms. The number of thioether (sulfide) groups is 1. The first-order chi connectivity index (χ1) is 10.4. The fourth-order valence-corrected chi connectivity index (χ4v) is 5.11. The Morgan fingerprint density at radius 3 is 2.59 bits per heavy atom. The SMILES string of the molecule is COc1ccc(S(=O)(=O)N2CCCC[C@H]2CSC(C)=O)cc1. The first-order valence-corrected chi connectivity index (χ1v) is 9.67. The molecule has 1 aliphatic heterocycles. The number of sulfonamides is 1. The van der Waals surface area contributed by atoms with E-state index in [9.17, 15) is 13.2 Å². The molecule has 1 aliphatic rings. The quantitative estimate of drug-likeness (QED) is 0.822. The number of rotatable bonds is 5. The van der Waals surface area contributed by atoms with Gasteiger partial charge in [-0.1, -0.05) is 18.2 Å². The lowest BCUT2D eigenvalue weighted by Gasteiger charge is -2.34. The Morgan fingerprint density at radius 1 is 1.32 bits per heavy atom. The normalized spacial score (nSPS) is 19.8. The second-order valence-corrected chi connectivity index (χ2v) is 8.33. The zero-order chi connectivity index (χ0) is 16.2. The zero-order valence-corrected chi connectivity index (χ0v) is 14.5. The number of carbonyl (C=O) groups excluding carboxylic acids is 1. The van der Waals surface area contributed by atoms with Crippen LogP contribution in [0.4, 0.5) is 0 Å². The van der Waals surface area contributed by atoms with Crippen LogP contribution in [-0.2, 0) is 14.8 Å². The van der Waals surface area contributed by atoms with Crippen molar-refractivity contribution < 1.29 is 17.9 Å². The molecule has 5 nitrogen and oxygen atoms in total. The minimum Gasteiger partial charge on any atom is -0.497 e. The van der Waals surface area contributed by atoms with Gasteiger partial charge in [-0.3, -0.25) is 4.79 Å². The van der Waals surface area contributed by atoms with Crippen molar-refractivity contribution in [2.45, 2.75) is 37.1 Å². The van der Waals surface area contributed by atoms with Gasteiger partial charge in [0, 0.05) is 25.3 Å². The van der Waals surface area contributed by atoms with Crippen LogP contribution >= 0.6 is 11.8 Å². The zero-order valence-electron chi connectivity index (χ0n) is 12.8. The van der Waals surface area contributed by atoms with E-state index in [4.69, 9.17) is 4.74 Å². The third-order valence-corrected chi connectivity index (χ3v) is 6.64. The van der Waals surface area contributed by atoms with Crippen LogP contribution < -0.4 is 4.74 Å². The molecule has 0 amide bonds. The van der Waals surface area contributed by atoms with Crippen molar-refractivity contribution in [1.29, 1.82) is 0 Å². The molecule has 1 heterocycles. The summed E-state index contributed by atoms with van der Waals surface area (Å²) >= 11 is 1.19. The lowest BCUT2D eigenvalue weighted by atomic mass is 10.1. The monoisotopic (exact) mass is 343 g/mol. The van der Waals surface area contributed by atoms with Crippen molar-refractivity contribution >= 4 is 26.9 Å². The van der Waals surface area contributed by atoms with Gasteiger partial charge in [0.1, 0.15) is 5.75 Å². The lowest BCUT2D eigenvalue weighted by Crippen LogP contribution is -2.45. The molecule has 0 saturated carbocycles. The number of benzene rings is 1. The highest BCUT2D eigenvalue weighted by molar-refractivity contribution is 8.13. The molecule has 1 fully saturated rings. The summed E-state index contributed by atoms with van der Waals surface area (Å²) in [7, 11) is -1.99. The smallest absolute Gasteiger partial charge is 0.243 e. The van der Waals surface area contributed by atoms with E-state index in [-0.39, 0.29) is 16.1 Å². The predicted octanol–water partition coefficient (Wildman–Crippen LogP) is 2.52. The van der Waals surface area contributed by atoms with Crippen LogP contribution in [-0.4, -0.2) is 43.3 Å². The molecule has 0 aromatic heterocycles. The first-order valence-electron chi connectivity index (χ1n) is 7.24. The van der Waals surface area contributed by atoms with Gasteiger partial charge < -0.3 is 4.74 Å². The topological polar surface area (TPSA) is 63.7 Å². The maximum atomic E-state index is 12.8. The summed E-state index contributed by atoms with van der Waals surface area (Å²) in [4.78, 5) is 11.4. The van der Waals surface area contributed by atoms with E-state index < -0.39 is 10.0 Å². The molecule has 7 heteroatoms. The molecule has 0 N–H and O–H groups in total. The van der Waals surface area contributed by atoms with Crippen molar-refractivity contribution in [3.8, 4) is 5.75 Å². The molecule has 0 radical (unpaired) electrons. The van der Waals surface area contributed by atoms with Gasteiger partial charge in [-0.25, -0.2) is 8.42 Å². The summed E-state index contributed by atoms with van der Waals surface area (Å²) in [6.45, 7) is 2.02. The van der Waals surface area contributed by atoms with E-state index in [2.05, 4.69) is 0 Å². The second kappa shape index (κ2) is 7.48. The molecule has 1 atom stereocenters. The fraction of sp³-hybridized carbons (Fsp3) is 0.533. The molecule has 0 unspecified atom stereocenters. The van der Waals surface area contributed by atoms with E-state index in [0.29, 0.717) is 18.0 Å². The van der Waals surface area contributed by atoms with Crippen LogP contribution in [0.2, 0.25) is 0 Å². The Bertz CT molecular complexity index is 613. The maximum Gasteiger partial charge on any atom is 0.243 e. The standard InChI is InChI=1S/C15H21NO4S2/c1-12(17)21-11-13-5-3-4-10-16(13)22(18,19)15-8-6-14(20-2)7-9-15/h6-9,13H,3-5,10-11H2,1-2H3/t13-/m0/s1. The molecule has 0 bridgehead atoms. The average Bonchev–Trinajstić information content (AvgIpc) is 2.53. The minimum absolute atomic E-state index is 0.0207. The third kappa shape index (κ3) is 4.02. The second-order valence-electron chi connectivity index (χ2n) is 5.24. The summed E-state index contributed by atoms with van der Waals surface area (Å²) in [6, 6.07) is 6.32. The molecule has 0 spiro atoms. The van der Waals surface area contributed by atoms with Crippen LogP contribution in [0.1, 0.15) is 26.2 Å². The summed E-state index contributed by atoms with van der Waals surface area (Å²) in [5.41, 5.74) is 0. The summed E-state index contributed by atoms with van der Waals surface area (Å²) in [6.07, 6.45) is 2.66. The Labute approximate surface area is 136 Å². The summed E-state index contributed by atoms with van der Waals surface area (Å²) in [5.74, 6) is 1.14. The summed E-state index contributed by atoms with van der Waals surface area (Å²) < 4.78 is 32.3. The van der Waals surface area contributed by atoms with Crippen LogP contribution in [0.15, 0.2) is 29.2 Å². The highest BCUT2D eigenvalue weighted by Crippen LogP contribution is 2.28. The molecular formula is C15H21NO4S2. The Kier molecular flexibility index (Phi) is 5.88.